The number of nitrogens with one attached hydrogen (secondary N) is 2. The van der Waals surface area contributed by atoms with Gasteiger partial charge in [0.25, 0.3) is 5.56 Å². The number of rotatable bonds is 6. The summed E-state index contributed by atoms with van der Waals surface area (Å²) < 4.78 is 4.78. The normalized spacial score (nSPS) is 10.6. The predicted molar refractivity (Wildman–Crippen MR) is 106 cm³/mol. The van der Waals surface area contributed by atoms with Crippen LogP contribution in [-0.2, 0) is 16.0 Å². The molecule has 8 heteroatoms. The molecule has 0 unspecified atom stereocenters. The van der Waals surface area contributed by atoms with Crippen molar-refractivity contribution in [3.8, 4) is 0 Å². The number of esters is 1. The van der Waals surface area contributed by atoms with Crippen LogP contribution in [0.3, 0.4) is 0 Å². The van der Waals surface area contributed by atoms with E-state index in [1.165, 1.54) is 18.9 Å². The van der Waals surface area contributed by atoms with Gasteiger partial charge in [-0.1, -0.05) is 11.8 Å². The molecule has 1 amide bonds. The van der Waals surface area contributed by atoms with Gasteiger partial charge in [-0.25, -0.2) is 9.78 Å². The summed E-state index contributed by atoms with van der Waals surface area (Å²) in [5, 5.41) is 3.33. The first-order valence-corrected chi connectivity index (χ1v) is 9.62. The second-order valence-electron chi connectivity index (χ2n) is 6.14. The quantitative estimate of drug-likeness (QED) is 0.448. The van der Waals surface area contributed by atoms with Gasteiger partial charge in [-0.2, -0.15) is 0 Å². The number of aryl methyl sites for hydroxylation is 2. The van der Waals surface area contributed by atoms with Crippen molar-refractivity contribution >= 4 is 29.3 Å². The van der Waals surface area contributed by atoms with Gasteiger partial charge >= 0.3 is 5.97 Å². The Morgan fingerprint density at radius 1 is 1.26 bits per heavy atom. The van der Waals surface area contributed by atoms with E-state index in [9.17, 15) is 14.4 Å². The van der Waals surface area contributed by atoms with E-state index in [1.54, 1.807) is 19.1 Å². The molecule has 2 aromatic rings. The zero-order valence-corrected chi connectivity index (χ0v) is 16.9. The van der Waals surface area contributed by atoms with Gasteiger partial charge in [0.05, 0.1) is 12.7 Å². The number of amides is 1. The van der Waals surface area contributed by atoms with Gasteiger partial charge in [-0.3, -0.25) is 9.59 Å². The zero-order valence-electron chi connectivity index (χ0n) is 16.1. The maximum Gasteiger partial charge on any atom is 0.338 e. The Morgan fingerprint density at radius 2 is 1.96 bits per heavy atom. The average molecular weight is 389 g/mol. The van der Waals surface area contributed by atoms with Crippen molar-refractivity contribution in [1.82, 2.24) is 9.97 Å². The number of ether oxygens (including phenoxy) is 1. The minimum Gasteiger partial charge on any atom is -0.465 e. The molecule has 0 radical (unpaired) electrons. The summed E-state index contributed by atoms with van der Waals surface area (Å²) in [5.41, 5.74) is 3.51. The summed E-state index contributed by atoms with van der Waals surface area (Å²) in [6.07, 6.45) is 2.24. The van der Waals surface area contributed by atoms with Crippen molar-refractivity contribution in [3.63, 3.8) is 0 Å². The van der Waals surface area contributed by atoms with Gasteiger partial charge in [0.15, 0.2) is 5.16 Å². The lowest BCUT2D eigenvalue weighted by atomic mass is 10.0. The fraction of sp³-hybridized carbons (Fsp3) is 0.368. The topological polar surface area (TPSA) is 101 Å². The van der Waals surface area contributed by atoms with Crippen molar-refractivity contribution in [3.05, 3.63) is 50.4 Å². The minimum atomic E-state index is -0.450. The predicted octanol–water partition coefficient (Wildman–Crippen LogP) is 2.77. The van der Waals surface area contributed by atoms with Gasteiger partial charge in [0, 0.05) is 23.4 Å². The lowest BCUT2D eigenvalue weighted by molar-refractivity contribution is -0.116. The van der Waals surface area contributed by atoms with Gasteiger partial charge in [-0.05, 0) is 56.7 Å². The van der Waals surface area contributed by atoms with Gasteiger partial charge in [0.1, 0.15) is 0 Å². The van der Waals surface area contributed by atoms with Gasteiger partial charge < -0.3 is 15.0 Å². The molecule has 0 saturated carbocycles. The highest BCUT2D eigenvalue weighted by molar-refractivity contribution is 7.98. The smallest absolute Gasteiger partial charge is 0.338 e. The standard InChI is InChI=1S/C19H23N3O4S/c1-10-8-13(9-15(11(10)2)18(25)26-4)21-16(23)7-6-14-12(3)20-19(27-5)22-17(14)24/h8-9H,6-7H2,1-5H3,(H,21,23)(H,20,22,24). The van der Waals surface area contributed by atoms with E-state index in [0.717, 1.165) is 11.1 Å². The first-order chi connectivity index (χ1) is 12.8. The lowest BCUT2D eigenvalue weighted by Gasteiger charge is -2.12. The molecule has 1 aromatic carbocycles. The molecule has 144 valence electrons. The van der Waals surface area contributed by atoms with E-state index < -0.39 is 5.97 Å². The second-order valence-corrected chi connectivity index (χ2v) is 6.94. The maximum atomic E-state index is 12.3. The van der Waals surface area contributed by atoms with Crippen LogP contribution in [0.2, 0.25) is 0 Å². The van der Waals surface area contributed by atoms with Crippen LogP contribution < -0.4 is 10.9 Å². The molecule has 2 rings (SSSR count). The maximum absolute atomic E-state index is 12.3. The third kappa shape index (κ3) is 4.97. The molecule has 0 aliphatic heterocycles. The molecule has 7 nitrogen and oxygen atoms in total. The molecule has 0 saturated heterocycles. The first kappa shape index (κ1) is 20.7. The summed E-state index contributed by atoms with van der Waals surface area (Å²) >= 11 is 1.36. The highest BCUT2D eigenvalue weighted by atomic mass is 32.2. The number of anilines is 1. The number of carbonyl (C=O) groups excluding carboxylic acids is 2. The lowest BCUT2D eigenvalue weighted by Crippen LogP contribution is -2.20. The number of H-pyrrole nitrogens is 1. The molecule has 0 aliphatic rings. The molecule has 2 N–H and O–H groups in total. The summed E-state index contributed by atoms with van der Waals surface area (Å²) in [5.74, 6) is -0.698. The fourth-order valence-corrected chi connectivity index (χ4v) is 3.11. The molecular weight excluding hydrogens is 366 g/mol. The summed E-state index contributed by atoms with van der Waals surface area (Å²) in [6.45, 7) is 5.45. The van der Waals surface area contributed by atoms with Crippen LogP contribution in [0.25, 0.3) is 0 Å². The Hall–Kier alpha value is -2.61. The van der Waals surface area contributed by atoms with Crippen LogP contribution in [0.15, 0.2) is 22.1 Å². The minimum absolute atomic E-state index is 0.130. The SMILES string of the molecule is COC(=O)c1cc(NC(=O)CCc2c(C)nc(SC)[nH]c2=O)cc(C)c1C. The van der Waals surface area contributed by atoms with E-state index in [-0.39, 0.29) is 24.3 Å². The Morgan fingerprint density at radius 3 is 2.56 bits per heavy atom. The van der Waals surface area contributed by atoms with Crippen molar-refractivity contribution in [1.29, 1.82) is 0 Å². The number of aromatic nitrogens is 2. The third-order valence-electron chi connectivity index (χ3n) is 4.35. The molecule has 0 aliphatic carbocycles. The van der Waals surface area contributed by atoms with Crippen molar-refractivity contribution in [2.75, 3.05) is 18.7 Å². The first-order valence-electron chi connectivity index (χ1n) is 8.40. The van der Waals surface area contributed by atoms with Crippen LogP contribution in [-0.4, -0.2) is 35.2 Å². The van der Waals surface area contributed by atoms with Crippen molar-refractivity contribution < 1.29 is 14.3 Å². The van der Waals surface area contributed by atoms with Crippen LogP contribution >= 0.6 is 11.8 Å². The molecule has 0 fully saturated rings. The van der Waals surface area contributed by atoms with Gasteiger partial charge in [-0.15, -0.1) is 0 Å². The Kier molecular flexibility index (Phi) is 6.79. The summed E-state index contributed by atoms with van der Waals surface area (Å²) in [6, 6.07) is 3.39. The number of nitrogens with zero attached hydrogens (tertiary/aromatic N) is 1. The summed E-state index contributed by atoms with van der Waals surface area (Å²) in [7, 11) is 1.32. The van der Waals surface area contributed by atoms with Crippen LogP contribution in [0.5, 0.6) is 0 Å². The molecule has 1 aromatic heterocycles. The highest BCUT2D eigenvalue weighted by Gasteiger charge is 2.15. The highest BCUT2D eigenvalue weighted by Crippen LogP contribution is 2.21. The number of thioether (sulfide) groups is 1. The second kappa shape index (κ2) is 8.85. The Labute approximate surface area is 161 Å². The molecule has 0 spiro atoms. The van der Waals surface area contributed by atoms with Crippen LogP contribution in [0, 0.1) is 20.8 Å². The Bertz CT molecular complexity index is 937. The van der Waals surface area contributed by atoms with E-state index in [0.29, 0.717) is 27.7 Å². The number of benzene rings is 1. The summed E-state index contributed by atoms with van der Waals surface area (Å²) in [4.78, 5) is 43.3. The number of hydrogen-bond donors (Lipinski definition) is 2. The molecule has 0 bridgehead atoms. The average Bonchev–Trinajstić information content (AvgIpc) is 2.62. The van der Waals surface area contributed by atoms with Crippen molar-refractivity contribution in [2.45, 2.75) is 38.8 Å². The number of hydrogen-bond acceptors (Lipinski definition) is 6. The van der Waals surface area contributed by atoms with Crippen LogP contribution in [0.4, 0.5) is 5.69 Å². The van der Waals surface area contributed by atoms with E-state index in [4.69, 9.17) is 4.74 Å². The fourth-order valence-electron chi connectivity index (χ4n) is 2.69. The molecular formula is C19H23N3O4S. The third-order valence-corrected chi connectivity index (χ3v) is 4.93. The number of carbonyl (C=O) groups is 2. The van der Waals surface area contributed by atoms with Crippen molar-refractivity contribution in [2.24, 2.45) is 0 Å². The van der Waals surface area contributed by atoms with E-state index in [1.807, 2.05) is 20.1 Å². The monoisotopic (exact) mass is 389 g/mol. The number of methoxy groups -OCH3 is 1. The largest absolute Gasteiger partial charge is 0.465 e. The number of aromatic amines is 1. The molecule has 0 atom stereocenters. The van der Waals surface area contributed by atoms with E-state index in [2.05, 4.69) is 15.3 Å². The van der Waals surface area contributed by atoms with Crippen LogP contribution in [0.1, 0.15) is 39.2 Å². The van der Waals surface area contributed by atoms with E-state index >= 15 is 0 Å². The van der Waals surface area contributed by atoms with Gasteiger partial charge in [0.2, 0.25) is 5.91 Å². The molecule has 27 heavy (non-hydrogen) atoms. The zero-order chi connectivity index (χ0) is 20.1. The Balaban J connectivity index is 2.12. The molecule has 1 heterocycles.